The van der Waals surface area contributed by atoms with E-state index in [0.29, 0.717) is 5.92 Å². The zero-order chi connectivity index (χ0) is 14.5. The van der Waals surface area contributed by atoms with Crippen LogP contribution in [-0.2, 0) is 4.79 Å². The number of amides is 1. The largest absolute Gasteiger partial charge is 0.356 e. The van der Waals surface area contributed by atoms with Gasteiger partial charge in [-0.05, 0) is 50.3 Å². The van der Waals surface area contributed by atoms with Gasteiger partial charge in [0, 0.05) is 25.8 Å². The van der Waals surface area contributed by atoms with Crippen LogP contribution in [0, 0.1) is 5.92 Å². The average Bonchev–Trinajstić information content (AvgIpc) is 3.08. The number of nitrogens with zero attached hydrogens (tertiary/aromatic N) is 2. The normalized spacial score (nSPS) is 25.8. The number of pyridine rings is 1. The molecule has 0 bridgehead atoms. The zero-order valence-corrected chi connectivity index (χ0v) is 12.4. The van der Waals surface area contributed by atoms with Crippen molar-refractivity contribution in [3.8, 4) is 0 Å². The van der Waals surface area contributed by atoms with Crippen LogP contribution in [0.1, 0.15) is 25.7 Å². The van der Waals surface area contributed by atoms with Crippen molar-refractivity contribution in [3.63, 3.8) is 0 Å². The second-order valence-electron chi connectivity index (χ2n) is 6.04. The molecule has 3 heterocycles. The summed E-state index contributed by atoms with van der Waals surface area (Å²) in [6.45, 7) is 3.79. The van der Waals surface area contributed by atoms with E-state index in [2.05, 4.69) is 26.6 Å². The highest BCUT2D eigenvalue weighted by atomic mass is 16.2. The average molecular weight is 288 g/mol. The number of rotatable bonds is 4. The minimum Gasteiger partial charge on any atom is -0.356 e. The molecule has 3 rings (SSSR count). The fraction of sp³-hybridized carbons (Fsp3) is 0.625. The molecule has 0 aromatic carbocycles. The first-order valence-corrected chi connectivity index (χ1v) is 8.00. The van der Waals surface area contributed by atoms with Crippen LogP contribution in [-0.4, -0.2) is 43.1 Å². The number of aromatic nitrogens is 1. The highest BCUT2D eigenvalue weighted by Gasteiger charge is 2.24. The molecule has 0 saturated carbocycles. The first-order valence-electron chi connectivity index (χ1n) is 8.00. The van der Waals surface area contributed by atoms with Gasteiger partial charge in [-0.25, -0.2) is 4.98 Å². The molecule has 2 atom stereocenters. The lowest BCUT2D eigenvalue weighted by atomic mass is 9.98. The van der Waals surface area contributed by atoms with E-state index in [-0.39, 0.29) is 11.9 Å². The number of carbonyl (C=O) groups excluding carboxylic acids is 1. The third-order valence-corrected chi connectivity index (χ3v) is 4.43. The van der Waals surface area contributed by atoms with Crippen molar-refractivity contribution in [2.45, 2.75) is 31.7 Å². The molecule has 2 aliphatic heterocycles. The minimum atomic E-state index is 0.0282. The maximum atomic E-state index is 12.0. The molecule has 5 heteroatoms. The smallest absolute Gasteiger partial charge is 0.237 e. The predicted octanol–water partition coefficient (Wildman–Crippen LogP) is 1.17. The van der Waals surface area contributed by atoms with E-state index in [1.165, 1.54) is 12.8 Å². The Hall–Kier alpha value is -1.62. The molecule has 2 saturated heterocycles. The van der Waals surface area contributed by atoms with Crippen LogP contribution in [0.5, 0.6) is 0 Å². The monoisotopic (exact) mass is 288 g/mol. The predicted molar refractivity (Wildman–Crippen MR) is 83.2 cm³/mol. The van der Waals surface area contributed by atoms with Crippen LogP contribution in [0.25, 0.3) is 0 Å². The van der Waals surface area contributed by atoms with Gasteiger partial charge in [0.25, 0.3) is 0 Å². The van der Waals surface area contributed by atoms with E-state index < -0.39 is 0 Å². The maximum Gasteiger partial charge on any atom is 0.237 e. The summed E-state index contributed by atoms with van der Waals surface area (Å²) in [6, 6.07) is 6.06. The standard InChI is InChI=1S/C16H24N4O/c21-16(14-6-3-9-17-14)19-11-13-5-4-10-20(12-13)15-7-1-2-8-18-15/h1-2,7-8,13-14,17H,3-6,9-12H2,(H,19,21). The quantitative estimate of drug-likeness (QED) is 0.873. The molecular weight excluding hydrogens is 264 g/mol. The molecular formula is C16H24N4O. The van der Waals surface area contributed by atoms with Crippen molar-refractivity contribution >= 4 is 11.7 Å². The van der Waals surface area contributed by atoms with Crippen molar-refractivity contribution in [1.82, 2.24) is 15.6 Å². The molecule has 2 N–H and O–H groups in total. The number of nitrogens with one attached hydrogen (secondary N) is 2. The minimum absolute atomic E-state index is 0.0282. The van der Waals surface area contributed by atoms with Crippen molar-refractivity contribution in [2.75, 3.05) is 31.1 Å². The van der Waals surface area contributed by atoms with Gasteiger partial charge in [0.15, 0.2) is 0 Å². The second kappa shape index (κ2) is 6.89. The van der Waals surface area contributed by atoms with Crippen LogP contribution in [0.3, 0.4) is 0 Å². The molecule has 2 unspecified atom stereocenters. The molecule has 0 aliphatic carbocycles. The number of anilines is 1. The Bertz CT molecular complexity index is 459. The number of piperidine rings is 1. The van der Waals surface area contributed by atoms with Gasteiger partial charge in [-0.1, -0.05) is 6.07 Å². The van der Waals surface area contributed by atoms with Gasteiger partial charge in [-0.3, -0.25) is 4.79 Å². The molecule has 114 valence electrons. The zero-order valence-electron chi connectivity index (χ0n) is 12.4. The Morgan fingerprint density at radius 2 is 2.33 bits per heavy atom. The van der Waals surface area contributed by atoms with E-state index in [1.54, 1.807) is 0 Å². The molecule has 2 fully saturated rings. The molecule has 1 aromatic rings. The first kappa shape index (κ1) is 14.3. The highest BCUT2D eigenvalue weighted by molar-refractivity contribution is 5.81. The topological polar surface area (TPSA) is 57.3 Å². The van der Waals surface area contributed by atoms with Crippen molar-refractivity contribution in [1.29, 1.82) is 0 Å². The number of hydrogen-bond donors (Lipinski definition) is 2. The molecule has 1 amide bonds. The van der Waals surface area contributed by atoms with Gasteiger partial charge < -0.3 is 15.5 Å². The van der Waals surface area contributed by atoms with Gasteiger partial charge in [0.1, 0.15) is 5.82 Å². The summed E-state index contributed by atoms with van der Waals surface area (Å²) in [4.78, 5) is 18.8. The van der Waals surface area contributed by atoms with Crippen LogP contribution in [0.2, 0.25) is 0 Å². The van der Waals surface area contributed by atoms with Gasteiger partial charge in [-0.2, -0.15) is 0 Å². The lowest BCUT2D eigenvalue weighted by Gasteiger charge is -2.33. The summed E-state index contributed by atoms with van der Waals surface area (Å²) < 4.78 is 0. The van der Waals surface area contributed by atoms with E-state index in [1.807, 2.05) is 18.3 Å². The Morgan fingerprint density at radius 1 is 1.38 bits per heavy atom. The Morgan fingerprint density at radius 3 is 3.10 bits per heavy atom. The summed E-state index contributed by atoms with van der Waals surface area (Å²) in [5.41, 5.74) is 0. The fourth-order valence-corrected chi connectivity index (χ4v) is 3.26. The molecule has 0 radical (unpaired) electrons. The van der Waals surface area contributed by atoms with Gasteiger partial charge in [-0.15, -0.1) is 0 Å². The van der Waals surface area contributed by atoms with Crippen LogP contribution in [0.4, 0.5) is 5.82 Å². The van der Waals surface area contributed by atoms with E-state index in [4.69, 9.17) is 0 Å². The van der Waals surface area contributed by atoms with Crippen LogP contribution >= 0.6 is 0 Å². The Balaban J connectivity index is 1.48. The molecule has 5 nitrogen and oxygen atoms in total. The third kappa shape index (κ3) is 3.73. The molecule has 1 aromatic heterocycles. The number of hydrogen-bond acceptors (Lipinski definition) is 4. The number of carbonyl (C=O) groups is 1. The maximum absolute atomic E-state index is 12.0. The van der Waals surface area contributed by atoms with Gasteiger partial charge in [0.2, 0.25) is 5.91 Å². The lowest BCUT2D eigenvalue weighted by molar-refractivity contribution is -0.122. The highest BCUT2D eigenvalue weighted by Crippen LogP contribution is 2.20. The second-order valence-corrected chi connectivity index (χ2v) is 6.04. The molecule has 21 heavy (non-hydrogen) atoms. The van der Waals surface area contributed by atoms with E-state index in [0.717, 1.165) is 44.8 Å². The first-order chi connectivity index (χ1) is 10.3. The summed E-state index contributed by atoms with van der Waals surface area (Å²) in [5, 5.41) is 6.36. The summed E-state index contributed by atoms with van der Waals surface area (Å²) >= 11 is 0. The Labute approximate surface area is 126 Å². The summed E-state index contributed by atoms with van der Waals surface area (Å²) in [6.07, 6.45) is 6.26. The summed E-state index contributed by atoms with van der Waals surface area (Å²) in [7, 11) is 0. The van der Waals surface area contributed by atoms with E-state index in [9.17, 15) is 4.79 Å². The lowest BCUT2D eigenvalue weighted by Crippen LogP contribution is -2.45. The van der Waals surface area contributed by atoms with Crippen molar-refractivity contribution < 1.29 is 4.79 Å². The fourth-order valence-electron chi connectivity index (χ4n) is 3.26. The SMILES string of the molecule is O=C(NCC1CCCN(c2ccccn2)C1)C1CCCN1. The van der Waals surface area contributed by atoms with Crippen LogP contribution in [0.15, 0.2) is 24.4 Å². The molecule has 2 aliphatic rings. The third-order valence-electron chi connectivity index (χ3n) is 4.43. The van der Waals surface area contributed by atoms with Gasteiger partial charge in [0.05, 0.1) is 6.04 Å². The van der Waals surface area contributed by atoms with E-state index >= 15 is 0 Å². The van der Waals surface area contributed by atoms with Crippen LogP contribution < -0.4 is 15.5 Å². The summed E-state index contributed by atoms with van der Waals surface area (Å²) in [5.74, 6) is 1.74. The Kier molecular flexibility index (Phi) is 4.70. The van der Waals surface area contributed by atoms with Crippen molar-refractivity contribution in [3.05, 3.63) is 24.4 Å². The van der Waals surface area contributed by atoms with Gasteiger partial charge >= 0.3 is 0 Å². The van der Waals surface area contributed by atoms with Crippen molar-refractivity contribution in [2.24, 2.45) is 5.92 Å². The molecule has 0 spiro atoms.